The van der Waals surface area contributed by atoms with Crippen molar-refractivity contribution in [2.45, 2.75) is 111 Å². The Balaban J connectivity index is 0. The van der Waals surface area contributed by atoms with Crippen molar-refractivity contribution in [2.75, 3.05) is 6.54 Å². The van der Waals surface area contributed by atoms with Gasteiger partial charge in [0, 0.05) is 12.1 Å². The lowest BCUT2D eigenvalue weighted by atomic mass is 10.0. The number of allylic oxidation sites excluding steroid dienone is 1. The Bertz CT molecular complexity index is 302. The Morgan fingerprint density at radius 1 is 0.750 bits per heavy atom. The van der Waals surface area contributed by atoms with Crippen LogP contribution < -0.4 is 5.32 Å². The van der Waals surface area contributed by atoms with Crippen molar-refractivity contribution in [3.63, 3.8) is 0 Å². The lowest BCUT2D eigenvalue weighted by Gasteiger charge is -2.05. The first kappa shape index (κ1) is 25.9. The highest BCUT2D eigenvalue weighted by Crippen LogP contribution is 2.12. The third-order valence-corrected chi connectivity index (χ3v) is 4.61. The number of nitrogens with one attached hydrogen (secondary N) is 1. The maximum Gasteiger partial charge on any atom is 0.246 e. The molecule has 0 aromatic carbocycles. The van der Waals surface area contributed by atoms with Crippen LogP contribution >= 0.6 is 17.0 Å². The number of hydrogen-bond acceptors (Lipinski definition) is 1. The summed E-state index contributed by atoms with van der Waals surface area (Å²) in [6, 6.07) is 0. The zero-order valence-corrected chi connectivity index (χ0v) is 18.2. The van der Waals surface area contributed by atoms with Crippen LogP contribution in [0.25, 0.3) is 0 Å². The van der Waals surface area contributed by atoms with Gasteiger partial charge in [-0.3, -0.25) is 4.79 Å². The standard InChI is InChI=1S/C21H41NO.BrH/c1-4-6-7-8-9-10-11-12-13-14-15-16-17-18-19-22-21(23)20(3)5-2;/h5H,4,6-19H2,1-3H3,(H,22,23);1H. The molecule has 0 saturated carbocycles. The summed E-state index contributed by atoms with van der Waals surface area (Å²) in [6.07, 6.45) is 21.1. The van der Waals surface area contributed by atoms with Crippen LogP contribution in [-0.4, -0.2) is 12.5 Å². The van der Waals surface area contributed by atoms with Gasteiger partial charge in [0.15, 0.2) is 0 Å². The Morgan fingerprint density at radius 2 is 1.12 bits per heavy atom. The predicted molar refractivity (Wildman–Crippen MR) is 113 cm³/mol. The van der Waals surface area contributed by atoms with Crippen LogP contribution in [-0.2, 0) is 4.79 Å². The minimum Gasteiger partial charge on any atom is -0.352 e. The molecule has 0 unspecified atom stereocenters. The lowest BCUT2D eigenvalue weighted by Crippen LogP contribution is -2.24. The Labute approximate surface area is 162 Å². The van der Waals surface area contributed by atoms with Gasteiger partial charge < -0.3 is 5.32 Å². The van der Waals surface area contributed by atoms with Crippen molar-refractivity contribution in [2.24, 2.45) is 0 Å². The van der Waals surface area contributed by atoms with Crippen LogP contribution in [0.15, 0.2) is 11.6 Å². The fourth-order valence-corrected chi connectivity index (χ4v) is 2.79. The number of unbranched alkanes of at least 4 members (excludes halogenated alkanes) is 13. The quantitative estimate of drug-likeness (QED) is 0.215. The third-order valence-electron chi connectivity index (χ3n) is 4.61. The molecule has 2 nitrogen and oxygen atoms in total. The third kappa shape index (κ3) is 18.0. The first-order chi connectivity index (χ1) is 11.2. The number of carbonyl (C=O) groups is 1. The van der Waals surface area contributed by atoms with Crippen molar-refractivity contribution in [3.8, 4) is 0 Å². The van der Waals surface area contributed by atoms with Crippen molar-refractivity contribution >= 4 is 22.9 Å². The first-order valence-electron chi connectivity index (χ1n) is 10.1. The molecule has 0 aromatic rings. The highest BCUT2D eigenvalue weighted by atomic mass is 79.9. The van der Waals surface area contributed by atoms with Crippen LogP contribution in [0.5, 0.6) is 0 Å². The van der Waals surface area contributed by atoms with E-state index in [2.05, 4.69) is 12.2 Å². The van der Waals surface area contributed by atoms with Gasteiger partial charge in [-0.1, -0.05) is 96.5 Å². The van der Waals surface area contributed by atoms with Crippen LogP contribution in [0.1, 0.15) is 111 Å². The van der Waals surface area contributed by atoms with Gasteiger partial charge in [-0.2, -0.15) is 0 Å². The molecule has 3 heteroatoms. The van der Waals surface area contributed by atoms with Gasteiger partial charge in [0.1, 0.15) is 0 Å². The number of rotatable bonds is 16. The van der Waals surface area contributed by atoms with E-state index in [-0.39, 0.29) is 22.9 Å². The zero-order chi connectivity index (χ0) is 17.2. The van der Waals surface area contributed by atoms with Crippen molar-refractivity contribution < 1.29 is 4.79 Å². The molecule has 0 radical (unpaired) electrons. The summed E-state index contributed by atoms with van der Waals surface area (Å²) in [6.45, 7) is 6.87. The average Bonchev–Trinajstić information content (AvgIpc) is 2.57. The van der Waals surface area contributed by atoms with E-state index in [0.29, 0.717) is 0 Å². The molecule has 0 bridgehead atoms. The van der Waals surface area contributed by atoms with E-state index in [1.807, 2.05) is 19.9 Å². The van der Waals surface area contributed by atoms with Gasteiger partial charge in [-0.15, -0.1) is 17.0 Å². The summed E-state index contributed by atoms with van der Waals surface area (Å²) < 4.78 is 0. The van der Waals surface area contributed by atoms with E-state index in [4.69, 9.17) is 0 Å². The zero-order valence-electron chi connectivity index (χ0n) is 16.5. The normalized spacial score (nSPS) is 11.2. The smallest absolute Gasteiger partial charge is 0.246 e. The predicted octanol–water partition coefficient (Wildman–Crippen LogP) is 7.13. The maximum atomic E-state index is 11.5. The van der Waals surface area contributed by atoms with E-state index in [0.717, 1.165) is 18.5 Å². The molecule has 24 heavy (non-hydrogen) atoms. The van der Waals surface area contributed by atoms with Gasteiger partial charge in [0.25, 0.3) is 0 Å². The van der Waals surface area contributed by atoms with Gasteiger partial charge in [-0.25, -0.2) is 0 Å². The second-order valence-corrected chi connectivity index (χ2v) is 6.82. The van der Waals surface area contributed by atoms with Gasteiger partial charge in [0.2, 0.25) is 5.91 Å². The summed E-state index contributed by atoms with van der Waals surface area (Å²) >= 11 is 0. The highest BCUT2D eigenvalue weighted by molar-refractivity contribution is 8.93. The molecule has 144 valence electrons. The fraction of sp³-hybridized carbons (Fsp3) is 0.857. The summed E-state index contributed by atoms with van der Waals surface area (Å²) in [5.41, 5.74) is 0.815. The lowest BCUT2D eigenvalue weighted by molar-refractivity contribution is -0.117. The molecule has 0 saturated heterocycles. The second-order valence-electron chi connectivity index (χ2n) is 6.82. The molecule has 1 N–H and O–H groups in total. The molecule has 0 aliphatic carbocycles. The molecule has 0 aromatic heterocycles. The molecule has 0 aliphatic rings. The molecular weight excluding hydrogens is 362 g/mol. The molecule has 0 atom stereocenters. The molecule has 1 amide bonds. The minimum absolute atomic E-state index is 0. The van der Waals surface area contributed by atoms with E-state index < -0.39 is 0 Å². The van der Waals surface area contributed by atoms with E-state index in [1.165, 1.54) is 83.5 Å². The van der Waals surface area contributed by atoms with Crippen LogP contribution in [0, 0.1) is 0 Å². The fourth-order valence-electron chi connectivity index (χ4n) is 2.79. The molecular formula is C21H42BrNO. The van der Waals surface area contributed by atoms with E-state index >= 15 is 0 Å². The topological polar surface area (TPSA) is 29.1 Å². The van der Waals surface area contributed by atoms with Crippen LogP contribution in [0.2, 0.25) is 0 Å². The van der Waals surface area contributed by atoms with Gasteiger partial charge in [0.05, 0.1) is 0 Å². The largest absolute Gasteiger partial charge is 0.352 e. The highest BCUT2D eigenvalue weighted by Gasteiger charge is 2.00. The molecule has 0 spiro atoms. The second kappa shape index (κ2) is 20.7. The summed E-state index contributed by atoms with van der Waals surface area (Å²) in [4.78, 5) is 11.5. The monoisotopic (exact) mass is 403 g/mol. The van der Waals surface area contributed by atoms with Crippen LogP contribution in [0.4, 0.5) is 0 Å². The first-order valence-corrected chi connectivity index (χ1v) is 10.1. The summed E-state index contributed by atoms with van der Waals surface area (Å²) in [5.74, 6) is 0.0854. The van der Waals surface area contributed by atoms with E-state index in [1.54, 1.807) is 0 Å². The number of hydrogen-bond donors (Lipinski definition) is 1. The number of carbonyl (C=O) groups excluding carboxylic acids is 1. The van der Waals surface area contributed by atoms with Crippen LogP contribution in [0.3, 0.4) is 0 Å². The average molecular weight is 404 g/mol. The molecule has 0 heterocycles. The SMILES string of the molecule is Br.CC=C(C)C(=O)NCCCCCCCCCCCCCCCC. The Kier molecular flexibility index (Phi) is 22.4. The van der Waals surface area contributed by atoms with Gasteiger partial charge >= 0.3 is 0 Å². The van der Waals surface area contributed by atoms with Crippen molar-refractivity contribution in [1.82, 2.24) is 5.32 Å². The van der Waals surface area contributed by atoms with Crippen molar-refractivity contribution in [3.05, 3.63) is 11.6 Å². The summed E-state index contributed by atoms with van der Waals surface area (Å²) in [7, 11) is 0. The van der Waals surface area contributed by atoms with Crippen molar-refractivity contribution in [1.29, 1.82) is 0 Å². The number of amides is 1. The maximum absolute atomic E-state index is 11.5. The molecule has 0 fully saturated rings. The number of halogens is 1. The Hall–Kier alpha value is -0.310. The van der Waals surface area contributed by atoms with Gasteiger partial charge in [-0.05, 0) is 20.3 Å². The molecule has 0 rings (SSSR count). The minimum atomic E-state index is 0. The molecule has 0 aliphatic heterocycles. The van der Waals surface area contributed by atoms with E-state index in [9.17, 15) is 4.79 Å². The Morgan fingerprint density at radius 3 is 1.50 bits per heavy atom. The summed E-state index contributed by atoms with van der Waals surface area (Å²) in [5, 5.41) is 2.97.